The highest BCUT2D eigenvalue weighted by molar-refractivity contribution is 7.07. The van der Waals surface area contributed by atoms with E-state index in [1.165, 1.54) is 29.1 Å². The Labute approximate surface area is 228 Å². The zero-order valence-corrected chi connectivity index (χ0v) is 22.4. The van der Waals surface area contributed by atoms with Crippen molar-refractivity contribution >= 4 is 29.1 Å². The third kappa shape index (κ3) is 4.96. The molecule has 0 amide bonds. The number of phenols is 1. The number of fused-ring (bicyclic) bond motifs is 1. The third-order valence-electron chi connectivity index (χ3n) is 6.28. The molecule has 0 saturated heterocycles. The second-order valence-electron chi connectivity index (χ2n) is 8.64. The van der Waals surface area contributed by atoms with Crippen molar-refractivity contribution < 1.29 is 24.1 Å². The molecular formula is C30H26N2O6S. The third-order valence-corrected chi connectivity index (χ3v) is 7.27. The van der Waals surface area contributed by atoms with Gasteiger partial charge in [0.15, 0.2) is 16.3 Å². The molecule has 0 spiro atoms. The highest BCUT2D eigenvalue weighted by Crippen LogP contribution is 2.36. The van der Waals surface area contributed by atoms with Gasteiger partial charge >= 0.3 is 5.97 Å². The first-order valence-electron chi connectivity index (χ1n) is 12.2. The number of hydrogen-bond donors (Lipinski definition) is 1. The zero-order chi connectivity index (χ0) is 27.5. The summed E-state index contributed by atoms with van der Waals surface area (Å²) in [6, 6.07) is 20.7. The molecule has 1 aliphatic rings. The van der Waals surface area contributed by atoms with Gasteiger partial charge in [0.05, 0.1) is 42.7 Å². The number of carbonyl (C=O) groups excluding carboxylic acids is 1. The molecule has 2 heterocycles. The molecule has 0 fully saturated rings. The summed E-state index contributed by atoms with van der Waals surface area (Å²) in [6.45, 7) is 1.91. The number of esters is 1. The molecule has 9 heteroatoms. The number of carbonyl (C=O) groups is 1. The molecule has 198 valence electrons. The quantitative estimate of drug-likeness (QED) is 0.358. The molecule has 5 rings (SSSR count). The SMILES string of the molecule is CCOC(=O)C1=C(c2ccccc2)N=c2s/c(=C\c3ccc(O)c(OC)c3)c(=O)n2[C@@H]1c1cccc(OC)c1. The number of methoxy groups -OCH3 is 2. The summed E-state index contributed by atoms with van der Waals surface area (Å²) in [7, 11) is 3.02. The van der Waals surface area contributed by atoms with E-state index in [4.69, 9.17) is 19.2 Å². The van der Waals surface area contributed by atoms with Crippen LogP contribution in [0.1, 0.15) is 29.7 Å². The van der Waals surface area contributed by atoms with Gasteiger partial charge in [0.25, 0.3) is 5.56 Å². The molecule has 1 N–H and O–H groups in total. The minimum absolute atomic E-state index is 0.000663. The molecule has 1 atom stereocenters. The van der Waals surface area contributed by atoms with E-state index >= 15 is 0 Å². The van der Waals surface area contributed by atoms with Crippen LogP contribution in [0.2, 0.25) is 0 Å². The van der Waals surface area contributed by atoms with Gasteiger partial charge in [0.1, 0.15) is 5.75 Å². The summed E-state index contributed by atoms with van der Waals surface area (Å²) >= 11 is 1.22. The van der Waals surface area contributed by atoms with E-state index in [2.05, 4.69) is 0 Å². The van der Waals surface area contributed by atoms with Gasteiger partial charge in [-0.2, -0.15) is 0 Å². The summed E-state index contributed by atoms with van der Waals surface area (Å²) in [5.41, 5.74) is 2.48. The molecule has 1 aliphatic heterocycles. The van der Waals surface area contributed by atoms with Crippen molar-refractivity contribution in [1.29, 1.82) is 0 Å². The molecule has 0 unspecified atom stereocenters. The van der Waals surface area contributed by atoms with Crippen LogP contribution in [0.4, 0.5) is 0 Å². The van der Waals surface area contributed by atoms with Gasteiger partial charge in [0, 0.05) is 5.56 Å². The van der Waals surface area contributed by atoms with Gasteiger partial charge in [-0.3, -0.25) is 9.36 Å². The average molecular weight is 543 g/mol. The average Bonchev–Trinajstić information content (AvgIpc) is 3.27. The van der Waals surface area contributed by atoms with Gasteiger partial charge in [-0.15, -0.1) is 0 Å². The van der Waals surface area contributed by atoms with E-state index in [-0.39, 0.29) is 23.5 Å². The fourth-order valence-corrected chi connectivity index (χ4v) is 5.50. The normalized spacial score (nSPS) is 14.9. The Hall–Kier alpha value is -4.63. The van der Waals surface area contributed by atoms with E-state index < -0.39 is 12.0 Å². The van der Waals surface area contributed by atoms with Crippen LogP contribution >= 0.6 is 11.3 Å². The van der Waals surface area contributed by atoms with Crippen molar-refractivity contribution in [2.45, 2.75) is 13.0 Å². The largest absolute Gasteiger partial charge is 0.504 e. The summed E-state index contributed by atoms with van der Waals surface area (Å²) in [6.07, 6.45) is 1.71. The molecule has 0 radical (unpaired) electrons. The van der Waals surface area contributed by atoms with Crippen molar-refractivity contribution in [3.05, 3.63) is 115 Å². The number of phenolic OH excluding ortho intramolecular Hbond substituents is 1. The molecule has 0 bridgehead atoms. The van der Waals surface area contributed by atoms with Crippen LogP contribution in [0.3, 0.4) is 0 Å². The number of aromatic nitrogens is 1. The number of nitrogens with zero attached hydrogens (tertiary/aromatic N) is 2. The van der Waals surface area contributed by atoms with E-state index in [9.17, 15) is 14.7 Å². The van der Waals surface area contributed by atoms with Crippen molar-refractivity contribution in [3.8, 4) is 17.2 Å². The fourth-order valence-electron chi connectivity index (χ4n) is 4.50. The Morgan fingerprint density at radius 2 is 1.85 bits per heavy atom. The van der Waals surface area contributed by atoms with Crippen molar-refractivity contribution in [2.75, 3.05) is 20.8 Å². The first-order chi connectivity index (χ1) is 18.9. The standard InChI is InChI=1S/C30H26N2O6S/c1-4-38-29(35)25-26(19-9-6-5-7-10-19)31-30-32(27(25)20-11-8-12-21(17-20)36-2)28(34)24(39-30)16-18-13-14-22(33)23(15-18)37-3/h5-17,27,33H,4H2,1-3H3/b24-16-/t27-/m1/s1. The maximum Gasteiger partial charge on any atom is 0.338 e. The number of rotatable bonds is 7. The van der Waals surface area contributed by atoms with E-state index in [1.807, 2.05) is 42.5 Å². The van der Waals surface area contributed by atoms with Crippen LogP contribution in [0.5, 0.6) is 17.2 Å². The first kappa shape index (κ1) is 26.0. The summed E-state index contributed by atoms with van der Waals surface area (Å²) < 4.78 is 18.1. The molecule has 3 aromatic carbocycles. The highest BCUT2D eigenvalue weighted by Gasteiger charge is 2.35. The molecule has 39 heavy (non-hydrogen) atoms. The maximum atomic E-state index is 13.9. The van der Waals surface area contributed by atoms with Crippen molar-refractivity contribution in [2.24, 2.45) is 4.99 Å². The lowest BCUT2D eigenvalue weighted by Gasteiger charge is -2.26. The second kappa shape index (κ2) is 11.0. The molecule has 0 aliphatic carbocycles. The van der Waals surface area contributed by atoms with E-state index in [0.717, 1.165) is 5.56 Å². The molecule has 1 aromatic heterocycles. The molecule has 4 aromatic rings. The van der Waals surface area contributed by atoms with E-state index in [1.54, 1.807) is 44.4 Å². The second-order valence-corrected chi connectivity index (χ2v) is 9.65. The van der Waals surface area contributed by atoms with Crippen LogP contribution in [-0.4, -0.2) is 36.5 Å². The Morgan fingerprint density at radius 1 is 1.05 bits per heavy atom. The van der Waals surface area contributed by atoms with Crippen molar-refractivity contribution in [3.63, 3.8) is 0 Å². The number of benzene rings is 3. The predicted octanol–water partition coefficient (Wildman–Crippen LogP) is 3.66. The van der Waals surface area contributed by atoms with Gasteiger partial charge < -0.3 is 19.3 Å². The van der Waals surface area contributed by atoms with Gasteiger partial charge in [-0.1, -0.05) is 59.9 Å². The van der Waals surface area contributed by atoms with Crippen LogP contribution in [0.25, 0.3) is 11.8 Å². The minimum Gasteiger partial charge on any atom is -0.504 e. The minimum atomic E-state index is -0.804. The zero-order valence-electron chi connectivity index (χ0n) is 21.6. The predicted molar refractivity (Wildman–Crippen MR) is 149 cm³/mol. The van der Waals surface area contributed by atoms with Crippen LogP contribution < -0.4 is 24.4 Å². The highest BCUT2D eigenvalue weighted by atomic mass is 32.1. The number of thiazole rings is 1. The van der Waals surface area contributed by atoms with E-state index in [0.29, 0.717) is 37.7 Å². The summed E-state index contributed by atoms with van der Waals surface area (Å²) in [4.78, 5) is 32.7. The van der Waals surface area contributed by atoms with Gasteiger partial charge in [0.2, 0.25) is 0 Å². The number of ether oxygens (including phenoxy) is 3. The first-order valence-corrected chi connectivity index (χ1v) is 13.1. The monoisotopic (exact) mass is 542 g/mol. The van der Waals surface area contributed by atoms with Crippen LogP contribution in [0.15, 0.2) is 88.2 Å². The topological polar surface area (TPSA) is 99.4 Å². The Bertz CT molecular complexity index is 1750. The number of aromatic hydroxyl groups is 1. The summed E-state index contributed by atoms with van der Waals surface area (Å²) in [5.74, 6) is 0.334. The Morgan fingerprint density at radius 3 is 2.56 bits per heavy atom. The molecule has 8 nitrogen and oxygen atoms in total. The van der Waals surface area contributed by atoms with Gasteiger partial charge in [-0.05, 0) is 48.4 Å². The smallest absolute Gasteiger partial charge is 0.338 e. The Kier molecular flexibility index (Phi) is 7.33. The van der Waals surface area contributed by atoms with Crippen LogP contribution in [-0.2, 0) is 9.53 Å². The van der Waals surface area contributed by atoms with Crippen molar-refractivity contribution in [1.82, 2.24) is 4.57 Å². The molecular weight excluding hydrogens is 516 g/mol. The Balaban J connectivity index is 1.82. The van der Waals surface area contributed by atoms with Crippen LogP contribution in [0, 0.1) is 0 Å². The molecule has 0 saturated carbocycles. The fraction of sp³-hybridized carbons (Fsp3) is 0.167. The lowest BCUT2D eigenvalue weighted by Crippen LogP contribution is -2.40. The summed E-state index contributed by atoms with van der Waals surface area (Å²) in [5, 5.41) is 9.98. The maximum absolute atomic E-state index is 13.9. The lowest BCUT2D eigenvalue weighted by atomic mass is 9.93. The van der Waals surface area contributed by atoms with Gasteiger partial charge in [-0.25, -0.2) is 9.79 Å². The lowest BCUT2D eigenvalue weighted by molar-refractivity contribution is -0.138. The number of hydrogen-bond acceptors (Lipinski definition) is 8.